The van der Waals surface area contributed by atoms with Gasteiger partial charge in [-0.15, -0.1) is 0 Å². The normalized spacial score (nSPS) is 10.7. The minimum absolute atomic E-state index is 0.272. The summed E-state index contributed by atoms with van der Waals surface area (Å²) >= 11 is 6.04. The van der Waals surface area contributed by atoms with E-state index in [0.29, 0.717) is 21.5 Å². The Morgan fingerprint density at radius 3 is 2.77 bits per heavy atom. The molecule has 1 heterocycles. The van der Waals surface area contributed by atoms with E-state index in [4.69, 9.17) is 11.6 Å². The first kappa shape index (κ1) is 14.5. The van der Waals surface area contributed by atoms with E-state index in [1.165, 1.54) is 13.1 Å². The van der Waals surface area contributed by atoms with Crippen molar-refractivity contribution in [1.82, 2.24) is 10.3 Å². The number of fused-ring (bicyclic) bond motifs is 1. The van der Waals surface area contributed by atoms with Crippen LogP contribution in [0, 0.1) is 5.82 Å². The van der Waals surface area contributed by atoms with Gasteiger partial charge in [0, 0.05) is 24.2 Å². The maximum Gasteiger partial charge on any atom is 0.252 e. The minimum Gasteiger partial charge on any atom is -0.355 e. The predicted molar refractivity (Wildman–Crippen MR) is 85.5 cm³/mol. The van der Waals surface area contributed by atoms with Gasteiger partial charge in [-0.05, 0) is 35.9 Å². The number of pyridine rings is 1. The van der Waals surface area contributed by atoms with Crippen molar-refractivity contribution in [3.05, 3.63) is 65.1 Å². The van der Waals surface area contributed by atoms with E-state index in [0.717, 1.165) is 11.1 Å². The summed E-state index contributed by atoms with van der Waals surface area (Å²) in [5.74, 6) is -0.598. The summed E-state index contributed by atoms with van der Waals surface area (Å²) in [6.07, 6.45) is 1.65. The molecule has 0 fully saturated rings. The fourth-order valence-electron chi connectivity index (χ4n) is 2.28. The Labute approximate surface area is 131 Å². The van der Waals surface area contributed by atoms with Crippen molar-refractivity contribution in [2.45, 2.75) is 0 Å². The van der Waals surface area contributed by atoms with E-state index < -0.39 is 0 Å². The number of carbonyl (C=O) groups excluding carboxylic acids is 1. The molecule has 22 heavy (non-hydrogen) atoms. The first-order chi connectivity index (χ1) is 10.6. The predicted octanol–water partition coefficient (Wildman–Crippen LogP) is 4.05. The third-order valence-corrected chi connectivity index (χ3v) is 3.77. The number of carbonyl (C=O) groups is 1. The lowest BCUT2D eigenvalue weighted by atomic mass is 10.0. The first-order valence-electron chi connectivity index (χ1n) is 6.66. The van der Waals surface area contributed by atoms with Crippen LogP contribution < -0.4 is 5.32 Å². The van der Waals surface area contributed by atoms with Crippen LogP contribution in [0.4, 0.5) is 4.39 Å². The highest BCUT2D eigenvalue weighted by Crippen LogP contribution is 2.27. The highest BCUT2D eigenvalue weighted by Gasteiger charge is 2.11. The number of hydrogen-bond acceptors (Lipinski definition) is 2. The van der Waals surface area contributed by atoms with Gasteiger partial charge in [0.2, 0.25) is 0 Å². The van der Waals surface area contributed by atoms with E-state index in [2.05, 4.69) is 10.3 Å². The molecule has 3 rings (SSSR count). The van der Waals surface area contributed by atoms with Crippen molar-refractivity contribution in [3.8, 4) is 11.1 Å². The molecular formula is C17H12ClFN2O. The third kappa shape index (κ3) is 2.53. The Morgan fingerprint density at radius 1 is 1.18 bits per heavy atom. The van der Waals surface area contributed by atoms with E-state index in [-0.39, 0.29) is 11.7 Å². The summed E-state index contributed by atoms with van der Waals surface area (Å²) in [7, 11) is 1.54. The van der Waals surface area contributed by atoms with Crippen molar-refractivity contribution >= 4 is 28.4 Å². The zero-order chi connectivity index (χ0) is 15.7. The number of benzene rings is 2. The van der Waals surface area contributed by atoms with Crippen molar-refractivity contribution in [2.24, 2.45) is 0 Å². The number of aromatic nitrogens is 1. The molecule has 3 nitrogen and oxygen atoms in total. The molecule has 3 aromatic rings. The van der Waals surface area contributed by atoms with Crippen LogP contribution in [-0.4, -0.2) is 17.9 Å². The van der Waals surface area contributed by atoms with E-state index >= 15 is 0 Å². The molecular weight excluding hydrogens is 303 g/mol. The third-order valence-electron chi connectivity index (χ3n) is 3.44. The van der Waals surface area contributed by atoms with E-state index in [9.17, 15) is 9.18 Å². The zero-order valence-electron chi connectivity index (χ0n) is 11.7. The lowest BCUT2D eigenvalue weighted by Gasteiger charge is -2.08. The van der Waals surface area contributed by atoms with Crippen LogP contribution in [0.25, 0.3) is 22.0 Å². The van der Waals surface area contributed by atoms with Crippen LogP contribution >= 0.6 is 11.6 Å². The number of rotatable bonds is 2. The van der Waals surface area contributed by atoms with Gasteiger partial charge in [-0.25, -0.2) is 4.39 Å². The van der Waals surface area contributed by atoms with Crippen LogP contribution in [0.2, 0.25) is 5.02 Å². The molecule has 5 heteroatoms. The molecule has 1 N–H and O–H groups in total. The van der Waals surface area contributed by atoms with Gasteiger partial charge < -0.3 is 5.32 Å². The Hall–Kier alpha value is -2.46. The highest BCUT2D eigenvalue weighted by atomic mass is 35.5. The number of nitrogens with zero attached hydrogens (tertiary/aromatic N) is 1. The molecule has 1 amide bonds. The summed E-state index contributed by atoms with van der Waals surface area (Å²) in [6, 6.07) is 11.6. The summed E-state index contributed by atoms with van der Waals surface area (Å²) < 4.78 is 13.9. The minimum atomic E-state index is -0.327. The largest absolute Gasteiger partial charge is 0.355 e. The fourth-order valence-corrected chi connectivity index (χ4v) is 2.49. The molecule has 0 aliphatic rings. The number of halogens is 2. The van der Waals surface area contributed by atoms with Gasteiger partial charge in [0.1, 0.15) is 5.82 Å². The number of hydrogen-bond donors (Lipinski definition) is 1. The molecule has 2 aromatic carbocycles. The van der Waals surface area contributed by atoms with Crippen LogP contribution in [-0.2, 0) is 0 Å². The van der Waals surface area contributed by atoms with Crippen LogP contribution in [0.1, 0.15) is 10.4 Å². The summed E-state index contributed by atoms with van der Waals surface area (Å²) in [6.45, 7) is 0. The van der Waals surface area contributed by atoms with Crippen LogP contribution in [0.5, 0.6) is 0 Å². The lowest BCUT2D eigenvalue weighted by molar-refractivity contribution is 0.0963. The molecule has 0 aliphatic heterocycles. The molecule has 110 valence electrons. The number of nitrogens with one attached hydrogen (secondary N) is 1. The van der Waals surface area contributed by atoms with Crippen LogP contribution in [0.15, 0.2) is 48.7 Å². The van der Waals surface area contributed by atoms with Crippen molar-refractivity contribution < 1.29 is 9.18 Å². The SMILES string of the molecule is CNC(=O)c1cc(-c2cnc3cccc(F)c3c2)ccc1Cl. The maximum atomic E-state index is 13.9. The average Bonchev–Trinajstić information content (AvgIpc) is 2.55. The van der Waals surface area contributed by atoms with Crippen LogP contribution in [0.3, 0.4) is 0 Å². The smallest absolute Gasteiger partial charge is 0.252 e. The van der Waals surface area contributed by atoms with Gasteiger partial charge >= 0.3 is 0 Å². The van der Waals surface area contributed by atoms with Gasteiger partial charge in [-0.3, -0.25) is 9.78 Å². The Kier molecular flexibility index (Phi) is 3.77. The molecule has 1 aromatic heterocycles. The maximum absolute atomic E-state index is 13.9. The molecule has 0 aliphatic carbocycles. The van der Waals surface area contributed by atoms with Gasteiger partial charge in [0.15, 0.2) is 0 Å². The average molecular weight is 315 g/mol. The quantitative estimate of drug-likeness (QED) is 0.775. The molecule has 0 atom stereocenters. The summed E-state index contributed by atoms with van der Waals surface area (Å²) in [5.41, 5.74) is 2.43. The fraction of sp³-hybridized carbons (Fsp3) is 0.0588. The first-order valence-corrected chi connectivity index (χ1v) is 7.04. The van der Waals surface area contributed by atoms with Gasteiger partial charge in [0.05, 0.1) is 16.1 Å². The number of amides is 1. The van der Waals surface area contributed by atoms with E-state index in [1.54, 1.807) is 42.6 Å². The second-order valence-corrected chi connectivity index (χ2v) is 5.21. The van der Waals surface area contributed by atoms with Gasteiger partial charge in [0.25, 0.3) is 5.91 Å². The lowest BCUT2D eigenvalue weighted by Crippen LogP contribution is -2.18. The van der Waals surface area contributed by atoms with Crippen molar-refractivity contribution in [3.63, 3.8) is 0 Å². The summed E-state index contributed by atoms with van der Waals surface area (Å²) in [4.78, 5) is 16.1. The second-order valence-electron chi connectivity index (χ2n) is 4.80. The zero-order valence-corrected chi connectivity index (χ0v) is 12.5. The van der Waals surface area contributed by atoms with Crippen molar-refractivity contribution in [2.75, 3.05) is 7.05 Å². The Balaban J connectivity index is 2.15. The monoisotopic (exact) mass is 314 g/mol. The molecule has 0 unspecified atom stereocenters. The van der Waals surface area contributed by atoms with Crippen molar-refractivity contribution in [1.29, 1.82) is 0 Å². The highest BCUT2D eigenvalue weighted by molar-refractivity contribution is 6.34. The molecule has 0 radical (unpaired) electrons. The van der Waals surface area contributed by atoms with Gasteiger partial charge in [-0.1, -0.05) is 23.7 Å². The van der Waals surface area contributed by atoms with E-state index in [1.807, 2.05) is 0 Å². The molecule has 0 bridgehead atoms. The molecule has 0 spiro atoms. The molecule has 0 saturated heterocycles. The standard InChI is InChI=1S/C17H12ClFN2O/c1-20-17(22)12-7-10(5-6-14(12)18)11-8-13-15(19)3-2-4-16(13)21-9-11/h2-9H,1H3,(H,20,22). The Morgan fingerprint density at radius 2 is 2.00 bits per heavy atom. The Bertz CT molecular complexity index is 880. The van der Waals surface area contributed by atoms with Gasteiger partial charge in [-0.2, -0.15) is 0 Å². The second kappa shape index (κ2) is 5.73. The topological polar surface area (TPSA) is 42.0 Å². The molecule has 0 saturated carbocycles. The summed E-state index contributed by atoms with van der Waals surface area (Å²) in [5, 5.41) is 3.35.